The summed E-state index contributed by atoms with van der Waals surface area (Å²) in [5.74, 6) is 0. The summed E-state index contributed by atoms with van der Waals surface area (Å²) in [5.41, 5.74) is 0. The standard InChI is InChI=1S/C2H7O2P.Pr/c1-5(2,3)4;/h1-2H3,(H,3,4);. The molecular formula is C2H7O2PPr. The third-order valence-electron chi connectivity index (χ3n) is 0. The maximum Gasteiger partial charge on any atom is 0.194 e. The van der Waals surface area contributed by atoms with Gasteiger partial charge in [-0.25, -0.2) is 0 Å². The SMILES string of the molecule is CP(C)(=O)O.[Pr]. The second-order valence-corrected chi connectivity index (χ2v) is 3.88. The van der Waals surface area contributed by atoms with Crippen LogP contribution in [0.2, 0.25) is 0 Å². The van der Waals surface area contributed by atoms with Crippen molar-refractivity contribution in [3.8, 4) is 0 Å². The van der Waals surface area contributed by atoms with Crippen LogP contribution in [0.3, 0.4) is 0 Å². The Morgan fingerprint density at radius 1 is 1.50 bits per heavy atom. The van der Waals surface area contributed by atoms with Crippen molar-refractivity contribution >= 4 is 7.37 Å². The molecule has 0 aromatic rings. The van der Waals surface area contributed by atoms with Crippen LogP contribution >= 0.6 is 7.37 Å². The van der Waals surface area contributed by atoms with Gasteiger partial charge in [-0.05, 0) is 0 Å². The fraction of sp³-hybridized carbons (Fsp3) is 1.00. The smallest absolute Gasteiger partial charge is 0.194 e. The van der Waals surface area contributed by atoms with Gasteiger partial charge in [-0.15, -0.1) is 0 Å². The summed E-state index contributed by atoms with van der Waals surface area (Å²) in [7, 11) is -2.64. The molecule has 0 aromatic heterocycles. The molecule has 0 aromatic carbocycles. The summed E-state index contributed by atoms with van der Waals surface area (Å²) >= 11 is 0. The van der Waals surface area contributed by atoms with Crippen molar-refractivity contribution in [2.75, 3.05) is 13.3 Å². The van der Waals surface area contributed by atoms with Crippen molar-refractivity contribution in [1.29, 1.82) is 0 Å². The molecule has 1 radical (unpaired) electrons. The molecule has 1 N–H and O–H groups in total. The van der Waals surface area contributed by atoms with Crippen LogP contribution in [0.4, 0.5) is 0 Å². The Bertz CT molecular complexity index is 57.7. The number of hydrogen-bond acceptors (Lipinski definition) is 1. The van der Waals surface area contributed by atoms with Gasteiger partial charge in [0.15, 0.2) is 7.37 Å². The maximum atomic E-state index is 9.77. The average molecular weight is 235 g/mol. The fourth-order valence-electron chi connectivity index (χ4n) is 0. The van der Waals surface area contributed by atoms with Gasteiger partial charge in [0.1, 0.15) is 0 Å². The van der Waals surface area contributed by atoms with Crippen molar-refractivity contribution in [1.82, 2.24) is 0 Å². The molecular weight excluding hydrogens is 228 g/mol. The minimum atomic E-state index is -2.64. The molecule has 6 heavy (non-hydrogen) atoms. The molecule has 0 rings (SSSR count). The van der Waals surface area contributed by atoms with E-state index >= 15 is 0 Å². The van der Waals surface area contributed by atoms with Crippen molar-refractivity contribution in [2.24, 2.45) is 0 Å². The van der Waals surface area contributed by atoms with E-state index in [4.69, 9.17) is 4.89 Å². The Labute approximate surface area is 70.7 Å². The van der Waals surface area contributed by atoms with E-state index in [-0.39, 0.29) is 41.3 Å². The van der Waals surface area contributed by atoms with E-state index in [2.05, 4.69) is 0 Å². The predicted octanol–water partition coefficient (Wildman–Crippen LogP) is 0.516. The first-order valence-corrected chi connectivity index (χ1v) is 3.83. The van der Waals surface area contributed by atoms with Crippen LogP contribution in [0.5, 0.6) is 0 Å². The van der Waals surface area contributed by atoms with Gasteiger partial charge in [0, 0.05) is 54.6 Å². The summed E-state index contributed by atoms with van der Waals surface area (Å²) in [6.45, 7) is 2.60. The fourth-order valence-corrected chi connectivity index (χ4v) is 0. The predicted molar refractivity (Wildman–Crippen MR) is 21.7 cm³/mol. The van der Waals surface area contributed by atoms with Gasteiger partial charge in [0.2, 0.25) is 0 Å². The second-order valence-electron chi connectivity index (χ2n) is 1.29. The molecule has 4 heteroatoms. The average Bonchev–Trinajstić information content (AvgIpc) is 0.722. The van der Waals surface area contributed by atoms with E-state index in [1.165, 1.54) is 13.3 Å². The van der Waals surface area contributed by atoms with Crippen molar-refractivity contribution in [2.45, 2.75) is 0 Å². The molecule has 0 amide bonds. The van der Waals surface area contributed by atoms with E-state index in [0.717, 1.165) is 0 Å². The Morgan fingerprint density at radius 2 is 1.50 bits per heavy atom. The molecule has 0 heterocycles. The molecule has 0 aliphatic heterocycles. The minimum Gasteiger partial charge on any atom is -0.345 e. The summed E-state index contributed by atoms with van der Waals surface area (Å²) < 4.78 is 9.77. The molecule has 2 nitrogen and oxygen atoms in total. The van der Waals surface area contributed by atoms with E-state index in [1.807, 2.05) is 0 Å². The van der Waals surface area contributed by atoms with Gasteiger partial charge < -0.3 is 4.89 Å². The van der Waals surface area contributed by atoms with Gasteiger partial charge in [-0.3, -0.25) is 4.57 Å². The molecule has 0 unspecified atom stereocenters. The molecule has 0 saturated carbocycles. The third kappa shape index (κ3) is 47.7. The molecule has 0 bridgehead atoms. The van der Waals surface area contributed by atoms with Gasteiger partial charge in [0.25, 0.3) is 0 Å². The molecule has 0 atom stereocenters. The second kappa shape index (κ2) is 3.54. The monoisotopic (exact) mass is 235 g/mol. The zero-order valence-corrected chi connectivity index (χ0v) is 8.48. The summed E-state index contributed by atoms with van der Waals surface area (Å²) in [6.07, 6.45) is 0. The van der Waals surface area contributed by atoms with Crippen molar-refractivity contribution in [3.05, 3.63) is 0 Å². The summed E-state index contributed by atoms with van der Waals surface area (Å²) in [4.78, 5) is 8.08. The maximum absolute atomic E-state index is 9.77. The summed E-state index contributed by atoms with van der Waals surface area (Å²) in [6, 6.07) is 0. The first kappa shape index (κ1) is 10.5. The van der Waals surface area contributed by atoms with Crippen molar-refractivity contribution in [3.63, 3.8) is 0 Å². The first-order valence-electron chi connectivity index (χ1n) is 1.28. The molecule has 0 spiro atoms. The van der Waals surface area contributed by atoms with Gasteiger partial charge in [0.05, 0.1) is 0 Å². The minimum absolute atomic E-state index is 0. The van der Waals surface area contributed by atoms with Crippen LogP contribution in [0, 0.1) is 41.3 Å². The van der Waals surface area contributed by atoms with Crippen LogP contribution in [0.25, 0.3) is 0 Å². The molecule has 0 fully saturated rings. The largest absolute Gasteiger partial charge is 0.345 e. The van der Waals surface area contributed by atoms with Crippen LogP contribution in [0.1, 0.15) is 0 Å². The number of hydrogen-bond donors (Lipinski definition) is 1. The van der Waals surface area contributed by atoms with E-state index in [9.17, 15) is 4.57 Å². The van der Waals surface area contributed by atoms with Gasteiger partial charge in [-0.2, -0.15) is 0 Å². The quantitative estimate of drug-likeness (QED) is 0.621. The Balaban J connectivity index is 0. The van der Waals surface area contributed by atoms with Crippen LogP contribution in [-0.2, 0) is 4.57 Å². The van der Waals surface area contributed by atoms with E-state index in [0.29, 0.717) is 0 Å². The van der Waals surface area contributed by atoms with Gasteiger partial charge >= 0.3 is 0 Å². The third-order valence-corrected chi connectivity index (χ3v) is 0. The van der Waals surface area contributed by atoms with Gasteiger partial charge in [-0.1, -0.05) is 0 Å². The van der Waals surface area contributed by atoms with Crippen LogP contribution < -0.4 is 0 Å². The van der Waals surface area contributed by atoms with Crippen molar-refractivity contribution < 1.29 is 50.8 Å². The summed E-state index contributed by atoms with van der Waals surface area (Å²) in [5, 5.41) is 0. The normalized spacial score (nSPS) is 9.83. The molecule has 0 aliphatic rings. The van der Waals surface area contributed by atoms with E-state index < -0.39 is 7.37 Å². The topological polar surface area (TPSA) is 37.3 Å². The molecule has 0 aliphatic carbocycles. The van der Waals surface area contributed by atoms with E-state index in [1.54, 1.807) is 0 Å². The molecule has 0 saturated heterocycles. The zero-order chi connectivity index (χ0) is 4.50. The van der Waals surface area contributed by atoms with Crippen LogP contribution in [-0.4, -0.2) is 18.2 Å². The number of rotatable bonds is 0. The molecule has 35 valence electrons. The van der Waals surface area contributed by atoms with Crippen LogP contribution in [0.15, 0.2) is 0 Å². The Hall–Kier alpha value is 1.55. The zero-order valence-electron chi connectivity index (χ0n) is 3.88. The Morgan fingerprint density at radius 3 is 1.50 bits per heavy atom. The Kier molecular flexibility index (Phi) is 6.21. The first-order chi connectivity index (χ1) is 2.00.